The number of amides is 1. The van der Waals surface area contributed by atoms with Crippen molar-refractivity contribution in [2.75, 3.05) is 0 Å². The van der Waals surface area contributed by atoms with Gasteiger partial charge in [0, 0.05) is 18.8 Å². The number of carbonyl (C=O) groups excluding carboxylic acids is 1. The Hall–Kier alpha value is -3.07. The molecule has 0 aromatic carbocycles. The molecule has 1 unspecified atom stereocenters. The highest BCUT2D eigenvalue weighted by Crippen LogP contribution is 2.20. The molecule has 1 amide bonds. The average Bonchev–Trinajstić information content (AvgIpc) is 2.82. The Morgan fingerprint density at radius 2 is 2.23 bits per heavy atom. The van der Waals surface area contributed by atoms with Crippen molar-refractivity contribution in [3.8, 4) is 6.07 Å². The summed E-state index contributed by atoms with van der Waals surface area (Å²) in [5.74, 6) is -0.583. The lowest BCUT2D eigenvalue weighted by molar-refractivity contribution is -0.118. The number of amidine groups is 1. The van der Waals surface area contributed by atoms with E-state index >= 15 is 0 Å². The van der Waals surface area contributed by atoms with Gasteiger partial charge < -0.3 is 0 Å². The van der Waals surface area contributed by atoms with Gasteiger partial charge in [-0.1, -0.05) is 18.2 Å². The van der Waals surface area contributed by atoms with Crippen LogP contribution >= 0.6 is 0 Å². The molecule has 6 heteroatoms. The molecule has 0 radical (unpaired) electrons. The summed E-state index contributed by atoms with van der Waals surface area (Å²) in [4.78, 5) is 20.4. The lowest BCUT2D eigenvalue weighted by atomic mass is 9.96. The Kier molecular flexibility index (Phi) is 3.39. The highest BCUT2D eigenvalue weighted by Gasteiger charge is 2.27. The number of hydrogen-bond donors (Lipinski definition) is 0. The maximum atomic E-state index is 12.1. The second-order valence-electron chi connectivity index (χ2n) is 5.05. The first-order valence-corrected chi connectivity index (χ1v) is 6.77. The number of carbonyl (C=O) groups is 1. The third-order valence-electron chi connectivity index (χ3n) is 3.43. The smallest absolute Gasteiger partial charge is 0.260 e. The zero-order valence-electron chi connectivity index (χ0n) is 12.2. The fourth-order valence-corrected chi connectivity index (χ4v) is 2.35. The molecule has 0 spiro atoms. The van der Waals surface area contributed by atoms with Gasteiger partial charge in [-0.15, -0.1) is 0 Å². The summed E-state index contributed by atoms with van der Waals surface area (Å²) in [5.41, 5.74) is 2.46. The van der Waals surface area contributed by atoms with Crippen molar-refractivity contribution >= 4 is 23.5 Å². The van der Waals surface area contributed by atoms with Crippen molar-refractivity contribution in [1.82, 2.24) is 9.78 Å². The van der Waals surface area contributed by atoms with Crippen LogP contribution in [-0.4, -0.2) is 27.2 Å². The van der Waals surface area contributed by atoms with Crippen molar-refractivity contribution in [2.45, 2.75) is 6.92 Å². The monoisotopic (exact) mass is 291 g/mol. The standard InChI is InChI=1S/C16H13N5O/c1-10-12(9-21(2)20-10)7-11(8-17)15-18-14-6-4-3-5-13(14)16(22)19-15/h3-7,9,13H,1-2H3/b11-7+. The number of nitriles is 1. The number of aliphatic imine (C=N–C) groups is 2. The van der Waals surface area contributed by atoms with Gasteiger partial charge in [-0.25, -0.2) is 4.99 Å². The van der Waals surface area contributed by atoms with Crippen molar-refractivity contribution < 1.29 is 4.79 Å². The van der Waals surface area contributed by atoms with Gasteiger partial charge in [0.15, 0.2) is 5.84 Å². The highest BCUT2D eigenvalue weighted by molar-refractivity contribution is 6.26. The lowest BCUT2D eigenvalue weighted by Gasteiger charge is -2.17. The van der Waals surface area contributed by atoms with E-state index in [0.717, 1.165) is 11.3 Å². The maximum Gasteiger partial charge on any atom is 0.260 e. The Balaban J connectivity index is 2.02. The van der Waals surface area contributed by atoms with Crippen molar-refractivity contribution in [3.63, 3.8) is 0 Å². The zero-order valence-corrected chi connectivity index (χ0v) is 12.2. The number of allylic oxidation sites excluding steroid dienone is 3. The Morgan fingerprint density at radius 1 is 1.41 bits per heavy atom. The van der Waals surface area contributed by atoms with Crippen molar-refractivity contribution in [1.29, 1.82) is 5.26 Å². The maximum absolute atomic E-state index is 12.1. The van der Waals surface area contributed by atoms with Crippen LogP contribution in [0.25, 0.3) is 6.08 Å². The van der Waals surface area contributed by atoms with E-state index in [1.807, 2.05) is 20.0 Å². The fourth-order valence-electron chi connectivity index (χ4n) is 2.35. The molecule has 6 nitrogen and oxygen atoms in total. The summed E-state index contributed by atoms with van der Waals surface area (Å²) in [7, 11) is 1.81. The molecule has 3 rings (SSSR count). The first-order valence-electron chi connectivity index (χ1n) is 6.77. The van der Waals surface area contributed by atoms with E-state index < -0.39 is 5.92 Å². The normalized spacial score (nSPS) is 20.3. The first-order chi connectivity index (χ1) is 10.6. The molecule has 0 saturated heterocycles. The quantitative estimate of drug-likeness (QED) is 0.778. The molecule has 22 heavy (non-hydrogen) atoms. The molecule has 108 valence electrons. The van der Waals surface area contributed by atoms with Crippen LogP contribution in [0.4, 0.5) is 0 Å². The Bertz CT molecular complexity index is 842. The fraction of sp³-hybridized carbons (Fsp3) is 0.188. The molecule has 1 aliphatic heterocycles. The van der Waals surface area contributed by atoms with E-state index in [4.69, 9.17) is 0 Å². The van der Waals surface area contributed by atoms with Crippen molar-refractivity contribution in [3.05, 3.63) is 47.3 Å². The lowest BCUT2D eigenvalue weighted by Crippen LogP contribution is -2.27. The molecule has 1 aliphatic carbocycles. The molecule has 2 heterocycles. The summed E-state index contributed by atoms with van der Waals surface area (Å²) in [5, 5.41) is 13.6. The molecule has 0 N–H and O–H groups in total. The number of hydrogen-bond acceptors (Lipinski definition) is 4. The second kappa shape index (κ2) is 5.37. The van der Waals surface area contributed by atoms with Crippen LogP contribution in [0.15, 0.2) is 46.1 Å². The van der Waals surface area contributed by atoms with Gasteiger partial charge >= 0.3 is 0 Å². The van der Waals surface area contributed by atoms with Crippen LogP contribution in [0.2, 0.25) is 0 Å². The minimum atomic E-state index is -0.436. The van der Waals surface area contributed by atoms with E-state index in [9.17, 15) is 10.1 Å². The van der Waals surface area contributed by atoms with Gasteiger partial charge in [-0.3, -0.25) is 9.48 Å². The number of aryl methyl sites for hydroxylation is 2. The molecule has 2 aliphatic rings. The van der Waals surface area contributed by atoms with E-state index in [2.05, 4.69) is 21.2 Å². The summed E-state index contributed by atoms with van der Waals surface area (Å²) in [6, 6.07) is 2.06. The van der Waals surface area contributed by atoms with Crippen LogP contribution in [0.1, 0.15) is 11.3 Å². The summed E-state index contributed by atoms with van der Waals surface area (Å²) < 4.78 is 1.67. The molecule has 0 saturated carbocycles. The van der Waals surface area contributed by atoms with Crippen LogP contribution in [0, 0.1) is 24.2 Å². The minimum Gasteiger partial charge on any atom is -0.275 e. The summed E-state index contributed by atoms with van der Waals surface area (Å²) in [6.45, 7) is 1.85. The van der Waals surface area contributed by atoms with Gasteiger partial charge in [-0.05, 0) is 19.1 Å². The number of rotatable bonds is 2. The van der Waals surface area contributed by atoms with Gasteiger partial charge in [0.1, 0.15) is 12.0 Å². The molecule has 1 aromatic rings. The van der Waals surface area contributed by atoms with E-state index in [1.165, 1.54) is 0 Å². The SMILES string of the molecule is Cc1nn(C)cc1/C=C(\C#N)C1=NC(=O)C2C=CC=CC2=N1. The minimum absolute atomic E-state index is 0.155. The van der Waals surface area contributed by atoms with Crippen LogP contribution in [0.5, 0.6) is 0 Å². The highest BCUT2D eigenvalue weighted by atomic mass is 16.1. The predicted molar refractivity (Wildman–Crippen MR) is 83.2 cm³/mol. The Labute approximate surface area is 127 Å². The third-order valence-corrected chi connectivity index (χ3v) is 3.43. The molecule has 1 atom stereocenters. The predicted octanol–water partition coefficient (Wildman–Crippen LogP) is 1.76. The van der Waals surface area contributed by atoms with E-state index in [1.54, 1.807) is 35.2 Å². The first kappa shape index (κ1) is 13.9. The van der Waals surface area contributed by atoms with Gasteiger partial charge in [-0.2, -0.15) is 15.4 Å². The average molecular weight is 291 g/mol. The number of fused-ring (bicyclic) bond motifs is 1. The van der Waals surface area contributed by atoms with Crippen LogP contribution in [-0.2, 0) is 11.8 Å². The molecule has 0 fully saturated rings. The van der Waals surface area contributed by atoms with Crippen LogP contribution < -0.4 is 0 Å². The van der Waals surface area contributed by atoms with Gasteiger partial charge in [0.05, 0.1) is 17.0 Å². The molecular formula is C16H13N5O. The zero-order chi connectivity index (χ0) is 15.7. The van der Waals surface area contributed by atoms with E-state index in [0.29, 0.717) is 5.71 Å². The van der Waals surface area contributed by atoms with Gasteiger partial charge in [0.25, 0.3) is 5.91 Å². The molecule has 0 bridgehead atoms. The van der Waals surface area contributed by atoms with Crippen LogP contribution in [0.3, 0.4) is 0 Å². The summed E-state index contributed by atoms with van der Waals surface area (Å²) >= 11 is 0. The Morgan fingerprint density at radius 3 is 2.91 bits per heavy atom. The largest absolute Gasteiger partial charge is 0.275 e. The number of aromatic nitrogens is 2. The third kappa shape index (κ3) is 2.44. The molecular weight excluding hydrogens is 278 g/mol. The second-order valence-corrected chi connectivity index (χ2v) is 5.05. The molecule has 1 aromatic heterocycles. The topological polar surface area (TPSA) is 83.4 Å². The van der Waals surface area contributed by atoms with E-state index in [-0.39, 0.29) is 17.3 Å². The van der Waals surface area contributed by atoms with Crippen molar-refractivity contribution in [2.24, 2.45) is 23.0 Å². The summed E-state index contributed by atoms with van der Waals surface area (Å²) in [6.07, 6.45) is 10.6. The van der Waals surface area contributed by atoms with Gasteiger partial charge in [0.2, 0.25) is 0 Å². The number of nitrogens with zero attached hydrogens (tertiary/aromatic N) is 5.